The van der Waals surface area contributed by atoms with Crippen LogP contribution in [0, 0.1) is 0 Å². The van der Waals surface area contributed by atoms with Crippen molar-refractivity contribution in [3.63, 3.8) is 0 Å². The lowest BCUT2D eigenvalue weighted by atomic mass is 9.98. The maximum Gasteiger partial charge on any atom is 0.238 e. The SMILES string of the molecule is c1ccc(N(c2ccccc2)c2ccc3c(c2)c2ccccc2c2nc4ccc5c(c6ccccc6n5-c5nc(-c6cccc7ccccc67)nc(-c6cccc7ccccc67)n5)c4nc32)cc1. The summed E-state index contributed by atoms with van der Waals surface area (Å²) in [6, 6.07) is 78.5. The first-order chi connectivity index (χ1) is 33.7. The van der Waals surface area contributed by atoms with E-state index in [1.807, 2.05) is 0 Å². The molecule has 7 heteroatoms. The zero-order valence-electron chi connectivity index (χ0n) is 36.5. The van der Waals surface area contributed by atoms with Gasteiger partial charge in [0.05, 0.1) is 33.1 Å². The van der Waals surface area contributed by atoms with Crippen LogP contribution in [0.2, 0.25) is 0 Å². The van der Waals surface area contributed by atoms with Gasteiger partial charge < -0.3 is 4.90 Å². The minimum atomic E-state index is 0.524. The second-order valence-electron chi connectivity index (χ2n) is 17.2. The van der Waals surface area contributed by atoms with Crippen molar-refractivity contribution < 1.29 is 0 Å². The molecule has 0 aliphatic heterocycles. The van der Waals surface area contributed by atoms with Gasteiger partial charge in [0.25, 0.3) is 0 Å². The zero-order valence-corrected chi connectivity index (χ0v) is 36.5. The average molecular weight is 868 g/mol. The fourth-order valence-electron chi connectivity index (χ4n) is 10.3. The Morgan fingerprint density at radius 1 is 0.309 bits per heavy atom. The predicted octanol–water partition coefficient (Wildman–Crippen LogP) is 15.5. The van der Waals surface area contributed by atoms with Gasteiger partial charge in [-0.3, -0.25) is 4.57 Å². The van der Waals surface area contributed by atoms with Gasteiger partial charge in [0.2, 0.25) is 5.95 Å². The van der Waals surface area contributed by atoms with Gasteiger partial charge in [-0.15, -0.1) is 0 Å². The highest BCUT2D eigenvalue weighted by Crippen LogP contribution is 2.43. The molecule has 11 aromatic carbocycles. The first kappa shape index (κ1) is 38.0. The second kappa shape index (κ2) is 15.1. The Labute approximate surface area is 389 Å². The maximum atomic E-state index is 5.69. The Morgan fingerprint density at radius 2 is 0.838 bits per heavy atom. The molecular formula is C61H37N7. The van der Waals surface area contributed by atoms with Crippen LogP contribution >= 0.6 is 0 Å². The summed E-state index contributed by atoms with van der Waals surface area (Å²) in [4.78, 5) is 29.5. The number of rotatable bonds is 6. The van der Waals surface area contributed by atoms with Crippen LogP contribution in [0.5, 0.6) is 0 Å². The van der Waals surface area contributed by atoms with E-state index in [2.05, 4.69) is 234 Å². The van der Waals surface area contributed by atoms with Gasteiger partial charge in [-0.25, -0.2) is 15.0 Å². The van der Waals surface area contributed by atoms with Crippen LogP contribution in [0.3, 0.4) is 0 Å². The molecule has 0 spiro atoms. The second-order valence-corrected chi connectivity index (χ2v) is 17.2. The third-order valence-corrected chi connectivity index (χ3v) is 13.4. The van der Waals surface area contributed by atoms with Gasteiger partial charge in [-0.2, -0.15) is 9.97 Å². The number of hydrogen-bond acceptors (Lipinski definition) is 6. The third kappa shape index (κ3) is 5.89. The molecule has 0 bridgehead atoms. The van der Waals surface area contributed by atoms with Crippen molar-refractivity contribution >= 4 is 104 Å². The molecule has 3 heterocycles. The summed E-state index contributed by atoms with van der Waals surface area (Å²) in [5.41, 5.74) is 10.4. The lowest BCUT2D eigenvalue weighted by Gasteiger charge is -2.26. The van der Waals surface area contributed by atoms with E-state index in [1.54, 1.807) is 0 Å². The molecule has 0 saturated heterocycles. The molecule has 14 aromatic rings. The molecule has 14 rings (SSSR count). The molecule has 0 aliphatic rings. The van der Waals surface area contributed by atoms with Crippen LogP contribution in [-0.2, 0) is 0 Å². The maximum absolute atomic E-state index is 5.69. The van der Waals surface area contributed by atoms with Crippen molar-refractivity contribution in [2.45, 2.75) is 0 Å². The lowest BCUT2D eigenvalue weighted by Crippen LogP contribution is -2.09. The summed E-state index contributed by atoms with van der Waals surface area (Å²) >= 11 is 0. The highest BCUT2D eigenvalue weighted by Gasteiger charge is 2.23. The summed E-state index contributed by atoms with van der Waals surface area (Å²) in [6.45, 7) is 0. The number of hydrogen-bond donors (Lipinski definition) is 0. The number of fused-ring (bicyclic) bond motifs is 13. The number of anilines is 3. The van der Waals surface area contributed by atoms with Crippen LogP contribution in [0.4, 0.5) is 17.1 Å². The summed E-state index contributed by atoms with van der Waals surface area (Å²) in [5, 5.41) is 10.7. The van der Waals surface area contributed by atoms with Crippen LogP contribution in [-0.4, -0.2) is 29.5 Å². The highest BCUT2D eigenvalue weighted by atomic mass is 15.2. The molecule has 0 amide bonds. The van der Waals surface area contributed by atoms with E-state index < -0.39 is 0 Å². The highest BCUT2D eigenvalue weighted by molar-refractivity contribution is 6.26. The number of nitrogens with zero attached hydrogens (tertiary/aromatic N) is 7. The normalized spacial score (nSPS) is 11.8. The van der Waals surface area contributed by atoms with Gasteiger partial charge in [-0.1, -0.05) is 170 Å². The minimum absolute atomic E-state index is 0.524. The van der Waals surface area contributed by atoms with Gasteiger partial charge >= 0.3 is 0 Å². The zero-order chi connectivity index (χ0) is 44.7. The van der Waals surface area contributed by atoms with E-state index in [9.17, 15) is 0 Å². The Kier molecular flexibility index (Phi) is 8.45. The molecule has 0 fully saturated rings. The van der Waals surface area contributed by atoms with Crippen LogP contribution in [0.15, 0.2) is 224 Å². The van der Waals surface area contributed by atoms with Gasteiger partial charge in [0.15, 0.2) is 11.6 Å². The van der Waals surface area contributed by atoms with Crippen LogP contribution in [0.1, 0.15) is 0 Å². The Morgan fingerprint density at radius 3 is 1.50 bits per heavy atom. The van der Waals surface area contributed by atoms with E-state index in [-0.39, 0.29) is 0 Å². The summed E-state index contributed by atoms with van der Waals surface area (Å²) in [6.07, 6.45) is 0. The van der Waals surface area contributed by atoms with E-state index in [0.717, 1.165) is 115 Å². The quantitative estimate of drug-likeness (QED) is 0.122. The van der Waals surface area contributed by atoms with Crippen molar-refractivity contribution in [3.8, 4) is 28.7 Å². The van der Waals surface area contributed by atoms with E-state index in [1.165, 1.54) is 0 Å². The summed E-state index contributed by atoms with van der Waals surface area (Å²) < 4.78 is 2.17. The third-order valence-electron chi connectivity index (χ3n) is 13.4. The van der Waals surface area contributed by atoms with Crippen molar-refractivity contribution in [1.82, 2.24) is 29.5 Å². The van der Waals surface area contributed by atoms with Gasteiger partial charge in [0, 0.05) is 49.7 Å². The standard InChI is InChI=1S/C61H37N7/c1-3-21-40(22-4-1)67(41-23-5-2-6-24-41)42-33-34-47-51(37-42)45-27-11-12-28-46(45)56-57(47)63-58-52(62-56)35-36-54-55(58)50-29-13-14-32-53(50)68(54)61-65-59(48-30-15-19-38-17-7-9-25-43(38)48)64-60(66-61)49-31-16-20-39-18-8-10-26-44(39)49/h1-37H. The summed E-state index contributed by atoms with van der Waals surface area (Å²) in [5.74, 6) is 1.72. The van der Waals surface area contributed by atoms with Crippen molar-refractivity contribution in [2.24, 2.45) is 0 Å². The van der Waals surface area contributed by atoms with Crippen LogP contribution < -0.4 is 4.90 Å². The molecule has 0 aliphatic carbocycles. The van der Waals surface area contributed by atoms with Crippen molar-refractivity contribution in [3.05, 3.63) is 224 Å². The predicted molar refractivity (Wildman–Crippen MR) is 280 cm³/mol. The molecule has 0 atom stereocenters. The van der Waals surface area contributed by atoms with Crippen LogP contribution in [0.25, 0.3) is 116 Å². The number of aromatic nitrogens is 6. The van der Waals surface area contributed by atoms with E-state index in [4.69, 9.17) is 24.9 Å². The molecule has 3 aromatic heterocycles. The molecule has 0 unspecified atom stereocenters. The topological polar surface area (TPSA) is 72.6 Å². The Bertz CT molecular complexity index is 4190. The largest absolute Gasteiger partial charge is 0.310 e. The van der Waals surface area contributed by atoms with Gasteiger partial charge in [-0.05, 0) is 86.9 Å². The molecular weight excluding hydrogens is 831 g/mol. The average Bonchev–Trinajstić information content (AvgIpc) is 3.76. The molecule has 7 nitrogen and oxygen atoms in total. The molecule has 316 valence electrons. The monoisotopic (exact) mass is 867 g/mol. The van der Waals surface area contributed by atoms with E-state index in [0.29, 0.717) is 17.6 Å². The molecule has 0 N–H and O–H groups in total. The fraction of sp³-hybridized carbons (Fsp3) is 0. The Hall–Kier alpha value is -9.33. The minimum Gasteiger partial charge on any atom is -0.310 e. The van der Waals surface area contributed by atoms with Crippen molar-refractivity contribution in [1.29, 1.82) is 0 Å². The van der Waals surface area contributed by atoms with E-state index >= 15 is 0 Å². The van der Waals surface area contributed by atoms with Gasteiger partial charge in [0.1, 0.15) is 0 Å². The summed E-state index contributed by atoms with van der Waals surface area (Å²) in [7, 11) is 0. The molecule has 0 saturated carbocycles. The smallest absolute Gasteiger partial charge is 0.238 e. The first-order valence-corrected chi connectivity index (χ1v) is 22.8. The molecule has 0 radical (unpaired) electrons. The number of benzene rings is 11. The fourth-order valence-corrected chi connectivity index (χ4v) is 10.3. The number of para-hydroxylation sites is 3. The first-order valence-electron chi connectivity index (χ1n) is 22.8. The lowest BCUT2D eigenvalue weighted by molar-refractivity contribution is 0.955. The molecule has 68 heavy (non-hydrogen) atoms. The Balaban J connectivity index is 1.04. The van der Waals surface area contributed by atoms with Crippen molar-refractivity contribution in [2.75, 3.05) is 4.90 Å².